The molecule has 1 aromatic rings. The Labute approximate surface area is 105 Å². The Morgan fingerprint density at radius 1 is 1.28 bits per heavy atom. The number of phenols is 1. The van der Waals surface area contributed by atoms with Crippen LogP contribution in [0.15, 0.2) is 18.2 Å². The number of benzene rings is 1. The second kappa shape index (κ2) is 5.35. The van der Waals surface area contributed by atoms with E-state index in [0.29, 0.717) is 18.7 Å². The van der Waals surface area contributed by atoms with Gasteiger partial charge in [0.15, 0.2) is 11.6 Å². The van der Waals surface area contributed by atoms with Crippen LogP contribution in [0, 0.1) is 5.82 Å². The van der Waals surface area contributed by atoms with Gasteiger partial charge in [0.1, 0.15) is 6.04 Å². The summed E-state index contributed by atoms with van der Waals surface area (Å²) in [5.41, 5.74) is 0.375. The molecule has 1 fully saturated rings. The summed E-state index contributed by atoms with van der Waals surface area (Å²) in [6, 6.07) is 2.93. The molecule has 0 bridgehead atoms. The van der Waals surface area contributed by atoms with E-state index < -0.39 is 23.6 Å². The predicted octanol–water partition coefficient (Wildman–Crippen LogP) is 2.14. The summed E-state index contributed by atoms with van der Waals surface area (Å²) in [6.07, 6.45) is 3.03. The van der Waals surface area contributed by atoms with Crippen molar-refractivity contribution >= 4 is 5.97 Å². The molecule has 2 rings (SSSR count). The zero-order valence-corrected chi connectivity index (χ0v) is 9.97. The number of phenolic OH excluding ortho intramolecular Hbond substituents is 1. The molecule has 1 unspecified atom stereocenters. The molecular formula is C13H16FNO3. The maximum Gasteiger partial charge on any atom is 0.325 e. The standard InChI is InChI=1S/C13H16FNO3/c14-10-8-9(4-5-11(10)16)12(13(17)18)15-6-2-1-3-7-15/h4-5,8,12,16H,1-3,6-7H2,(H,17,18). The van der Waals surface area contributed by atoms with Gasteiger partial charge in [0.05, 0.1) is 0 Å². The number of rotatable bonds is 3. The van der Waals surface area contributed by atoms with Gasteiger partial charge in [0.25, 0.3) is 0 Å². The number of hydrogen-bond acceptors (Lipinski definition) is 3. The number of nitrogens with zero attached hydrogens (tertiary/aromatic N) is 1. The van der Waals surface area contributed by atoms with Crippen molar-refractivity contribution in [2.24, 2.45) is 0 Å². The summed E-state index contributed by atoms with van der Waals surface area (Å²) in [6.45, 7) is 1.42. The zero-order valence-electron chi connectivity index (χ0n) is 9.97. The van der Waals surface area contributed by atoms with Crippen molar-refractivity contribution in [3.8, 4) is 5.75 Å². The van der Waals surface area contributed by atoms with Crippen molar-refractivity contribution in [2.45, 2.75) is 25.3 Å². The molecule has 1 saturated heterocycles. The van der Waals surface area contributed by atoms with E-state index in [0.717, 1.165) is 25.3 Å². The topological polar surface area (TPSA) is 60.8 Å². The highest BCUT2D eigenvalue weighted by molar-refractivity contribution is 5.75. The van der Waals surface area contributed by atoms with Gasteiger partial charge in [0.2, 0.25) is 0 Å². The van der Waals surface area contributed by atoms with Crippen molar-refractivity contribution in [3.05, 3.63) is 29.6 Å². The molecule has 2 N–H and O–H groups in total. The maximum atomic E-state index is 13.3. The van der Waals surface area contributed by atoms with Crippen LogP contribution >= 0.6 is 0 Å². The van der Waals surface area contributed by atoms with Gasteiger partial charge in [0, 0.05) is 0 Å². The average Bonchev–Trinajstić information content (AvgIpc) is 2.35. The van der Waals surface area contributed by atoms with Crippen LogP contribution in [-0.4, -0.2) is 34.2 Å². The number of aromatic hydroxyl groups is 1. The normalized spacial score (nSPS) is 18.5. The molecule has 1 heterocycles. The van der Waals surface area contributed by atoms with Gasteiger partial charge >= 0.3 is 5.97 Å². The van der Waals surface area contributed by atoms with E-state index in [2.05, 4.69) is 0 Å². The van der Waals surface area contributed by atoms with Crippen LogP contribution in [0.3, 0.4) is 0 Å². The quantitative estimate of drug-likeness (QED) is 0.866. The van der Waals surface area contributed by atoms with Gasteiger partial charge in [-0.3, -0.25) is 9.69 Å². The first-order valence-corrected chi connectivity index (χ1v) is 6.05. The van der Waals surface area contributed by atoms with Crippen molar-refractivity contribution in [1.29, 1.82) is 0 Å². The fourth-order valence-corrected chi connectivity index (χ4v) is 2.38. The first kappa shape index (κ1) is 12.8. The second-order valence-corrected chi connectivity index (χ2v) is 4.55. The van der Waals surface area contributed by atoms with Gasteiger partial charge in [-0.1, -0.05) is 12.5 Å². The molecule has 1 aliphatic rings. The molecule has 4 nitrogen and oxygen atoms in total. The van der Waals surface area contributed by atoms with Gasteiger partial charge in [-0.25, -0.2) is 4.39 Å². The number of carbonyl (C=O) groups is 1. The highest BCUT2D eigenvalue weighted by Crippen LogP contribution is 2.27. The Bertz CT molecular complexity index is 444. The molecule has 1 aliphatic heterocycles. The number of halogens is 1. The number of aliphatic carboxylic acids is 1. The Kier molecular flexibility index (Phi) is 3.81. The van der Waals surface area contributed by atoms with Gasteiger partial charge in [-0.15, -0.1) is 0 Å². The van der Waals surface area contributed by atoms with Crippen LogP contribution in [0.1, 0.15) is 30.9 Å². The van der Waals surface area contributed by atoms with E-state index in [9.17, 15) is 14.3 Å². The van der Waals surface area contributed by atoms with Gasteiger partial charge in [-0.05, 0) is 43.6 Å². The monoisotopic (exact) mass is 253 g/mol. The van der Waals surface area contributed by atoms with Gasteiger partial charge < -0.3 is 10.2 Å². The summed E-state index contributed by atoms with van der Waals surface area (Å²) in [7, 11) is 0. The lowest BCUT2D eigenvalue weighted by atomic mass is 10.0. The minimum absolute atomic E-state index is 0.375. The second-order valence-electron chi connectivity index (χ2n) is 4.55. The lowest BCUT2D eigenvalue weighted by Crippen LogP contribution is -2.37. The number of carboxylic acid groups (broad SMARTS) is 1. The SMILES string of the molecule is O=C(O)C(c1ccc(O)c(F)c1)N1CCCCC1. The molecule has 98 valence electrons. The molecule has 0 aliphatic carbocycles. The third-order valence-electron chi connectivity index (χ3n) is 3.28. The molecule has 0 saturated carbocycles. The first-order valence-electron chi connectivity index (χ1n) is 6.05. The lowest BCUT2D eigenvalue weighted by Gasteiger charge is -2.32. The predicted molar refractivity (Wildman–Crippen MR) is 63.9 cm³/mol. The summed E-state index contributed by atoms with van der Waals surface area (Å²) in [5, 5.41) is 18.5. The summed E-state index contributed by atoms with van der Waals surface area (Å²) < 4.78 is 13.3. The van der Waals surface area contributed by atoms with Crippen LogP contribution in [0.5, 0.6) is 5.75 Å². The highest BCUT2D eigenvalue weighted by atomic mass is 19.1. The fraction of sp³-hybridized carbons (Fsp3) is 0.462. The largest absolute Gasteiger partial charge is 0.505 e. The molecule has 5 heteroatoms. The van der Waals surface area contributed by atoms with E-state index in [1.165, 1.54) is 12.1 Å². The lowest BCUT2D eigenvalue weighted by molar-refractivity contribution is -0.144. The molecule has 0 spiro atoms. The number of carboxylic acids is 1. The molecule has 0 amide bonds. The fourth-order valence-electron chi connectivity index (χ4n) is 2.38. The van der Waals surface area contributed by atoms with Crippen molar-refractivity contribution in [3.63, 3.8) is 0 Å². The van der Waals surface area contributed by atoms with E-state index >= 15 is 0 Å². The summed E-state index contributed by atoms with van der Waals surface area (Å²) >= 11 is 0. The molecule has 0 aromatic heterocycles. The molecule has 0 radical (unpaired) electrons. The highest BCUT2D eigenvalue weighted by Gasteiger charge is 2.28. The van der Waals surface area contributed by atoms with Crippen LogP contribution in [-0.2, 0) is 4.79 Å². The van der Waals surface area contributed by atoms with E-state index in [1.807, 2.05) is 4.90 Å². The summed E-state index contributed by atoms with van der Waals surface area (Å²) in [4.78, 5) is 13.2. The third kappa shape index (κ3) is 2.61. The Balaban J connectivity index is 2.28. The minimum atomic E-state index is -0.984. The van der Waals surface area contributed by atoms with Crippen molar-refractivity contribution in [1.82, 2.24) is 4.90 Å². The average molecular weight is 253 g/mol. The van der Waals surface area contributed by atoms with Crippen LogP contribution < -0.4 is 0 Å². The van der Waals surface area contributed by atoms with E-state index in [1.54, 1.807) is 0 Å². The van der Waals surface area contributed by atoms with Crippen LogP contribution in [0.4, 0.5) is 4.39 Å². The minimum Gasteiger partial charge on any atom is -0.505 e. The smallest absolute Gasteiger partial charge is 0.325 e. The van der Waals surface area contributed by atoms with Crippen molar-refractivity contribution in [2.75, 3.05) is 13.1 Å². The van der Waals surface area contributed by atoms with Gasteiger partial charge in [-0.2, -0.15) is 0 Å². The van der Waals surface area contributed by atoms with Crippen molar-refractivity contribution < 1.29 is 19.4 Å². The Morgan fingerprint density at radius 2 is 1.94 bits per heavy atom. The maximum absolute atomic E-state index is 13.3. The Hall–Kier alpha value is -1.62. The molecule has 18 heavy (non-hydrogen) atoms. The molecular weight excluding hydrogens is 237 g/mol. The third-order valence-corrected chi connectivity index (χ3v) is 3.28. The number of piperidine rings is 1. The van der Waals surface area contributed by atoms with E-state index in [-0.39, 0.29) is 0 Å². The number of hydrogen-bond donors (Lipinski definition) is 2. The Morgan fingerprint density at radius 3 is 2.50 bits per heavy atom. The summed E-state index contributed by atoms with van der Waals surface area (Å²) in [5.74, 6) is -2.22. The molecule has 1 atom stereocenters. The first-order chi connectivity index (χ1) is 8.59. The zero-order chi connectivity index (χ0) is 13.1. The van der Waals surface area contributed by atoms with E-state index in [4.69, 9.17) is 5.11 Å². The molecule has 1 aromatic carbocycles. The van der Waals surface area contributed by atoms with Crippen LogP contribution in [0.2, 0.25) is 0 Å². The van der Waals surface area contributed by atoms with Crippen LogP contribution in [0.25, 0.3) is 0 Å². The number of likely N-dealkylation sites (tertiary alicyclic amines) is 1.